The van der Waals surface area contributed by atoms with E-state index in [0.29, 0.717) is 25.8 Å². The summed E-state index contributed by atoms with van der Waals surface area (Å²) in [4.78, 5) is 54.0. The van der Waals surface area contributed by atoms with Gasteiger partial charge in [-0.2, -0.15) is 0 Å². The van der Waals surface area contributed by atoms with Crippen molar-refractivity contribution in [3.63, 3.8) is 0 Å². The van der Waals surface area contributed by atoms with Crippen molar-refractivity contribution < 1.29 is 28.7 Å². The number of methoxy groups -OCH3 is 1. The zero-order valence-corrected chi connectivity index (χ0v) is 15.7. The zero-order chi connectivity index (χ0) is 19.2. The van der Waals surface area contributed by atoms with Gasteiger partial charge in [-0.05, 0) is 46.5 Å². The minimum absolute atomic E-state index is 0.135. The van der Waals surface area contributed by atoms with Crippen LogP contribution < -0.4 is 0 Å². The molecular weight excluding hydrogens is 340 g/mol. The van der Waals surface area contributed by atoms with Crippen molar-refractivity contribution in [1.29, 1.82) is 0 Å². The van der Waals surface area contributed by atoms with Gasteiger partial charge in [0, 0.05) is 6.54 Å². The third kappa shape index (κ3) is 3.05. The molecule has 0 bridgehead atoms. The first kappa shape index (κ1) is 18.7. The maximum Gasteiger partial charge on any atom is 0.330 e. The molecule has 3 fully saturated rings. The molecule has 3 rings (SSSR count). The van der Waals surface area contributed by atoms with Crippen LogP contribution in [-0.4, -0.2) is 70.9 Å². The summed E-state index contributed by atoms with van der Waals surface area (Å²) in [6, 6.07) is -2.38. The Morgan fingerprint density at radius 2 is 1.69 bits per heavy atom. The van der Waals surface area contributed by atoms with E-state index in [-0.39, 0.29) is 11.8 Å². The van der Waals surface area contributed by atoms with Crippen molar-refractivity contribution in [3.05, 3.63) is 0 Å². The summed E-state index contributed by atoms with van der Waals surface area (Å²) in [7, 11) is 1.25. The smallest absolute Gasteiger partial charge is 0.330 e. The number of ether oxygens (including phenoxy) is 2. The summed E-state index contributed by atoms with van der Waals surface area (Å²) in [5.74, 6) is -2.45. The highest BCUT2D eigenvalue weighted by Gasteiger charge is 2.57. The monoisotopic (exact) mass is 366 g/mol. The van der Waals surface area contributed by atoms with Crippen molar-refractivity contribution in [3.8, 4) is 0 Å². The van der Waals surface area contributed by atoms with Gasteiger partial charge in [0.15, 0.2) is 0 Å². The fourth-order valence-corrected chi connectivity index (χ4v) is 4.24. The van der Waals surface area contributed by atoms with Gasteiger partial charge in [-0.1, -0.05) is 0 Å². The summed E-state index contributed by atoms with van der Waals surface area (Å²) >= 11 is 0. The molecule has 0 spiro atoms. The van der Waals surface area contributed by atoms with Gasteiger partial charge in [0.1, 0.15) is 23.7 Å². The van der Waals surface area contributed by atoms with E-state index >= 15 is 0 Å². The first-order valence-corrected chi connectivity index (χ1v) is 9.09. The number of carbonyl (C=O) groups excluding carboxylic acids is 4. The van der Waals surface area contributed by atoms with Gasteiger partial charge in [-0.25, -0.2) is 4.79 Å². The maximum atomic E-state index is 13.1. The number of fused-ring (bicyclic) bond motifs is 2. The molecule has 0 aliphatic carbocycles. The van der Waals surface area contributed by atoms with Crippen LogP contribution in [-0.2, 0) is 28.7 Å². The van der Waals surface area contributed by atoms with E-state index in [2.05, 4.69) is 0 Å². The number of amides is 2. The Morgan fingerprint density at radius 3 is 2.31 bits per heavy atom. The summed E-state index contributed by atoms with van der Waals surface area (Å²) < 4.78 is 10.3. The highest BCUT2D eigenvalue weighted by atomic mass is 16.6. The molecular formula is C18H26N2O6. The third-order valence-corrected chi connectivity index (χ3v) is 5.28. The molecule has 0 aromatic heterocycles. The van der Waals surface area contributed by atoms with Gasteiger partial charge >= 0.3 is 11.9 Å². The van der Waals surface area contributed by atoms with Crippen LogP contribution in [0.4, 0.5) is 0 Å². The van der Waals surface area contributed by atoms with Crippen molar-refractivity contribution in [2.75, 3.05) is 13.7 Å². The first-order valence-electron chi connectivity index (χ1n) is 9.09. The standard InChI is InChI=1S/C18H26N2O6/c1-18(2,3)26-17(24)13-10(16(23)25-4)7-8-12-14(21)19-9-5-6-11(19)15(22)20(12)13/h10-13H,5-9H2,1-4H3/t10-,11-,12-,13-/m0/s1. The Labute approximate surface area is 152 Å². The largest absolute Gasteiger partial charge is 0.469 e. The van der Waals surface area contributed by atoms with Crippen LogP contribution in [0.3, 0.4) is 0 Å². The van der Waals surface area contributed by atoms with Crippen molar-refractivity contribution in [2.24, 2.45) is 5.92 Å². The molecule has 3 aliphatic rings. The minimum Gasteiger partial charge on any atom is -0.469 e. The van der Waals surface area contributed by atoms with E-state index in [1.165, 1.54) is 12.0 Å². The summed E-state index contributed by atoms with van der Waals surface area (Å²) in [5, 5.41) is 0. The quantitative estimate of drug-likeness (QED) is 0.660. The molecule has 0 aromatic carbocycles. The molecule has 2 amide bonds. The Hall–Kier alpha value is -2.12. The fourth-order valence-electron chi connectivity index (χ4n) is 4.24. The van der Waals surface area contributed by atoms with Crippen LogP contribution >= 0.6 is 0 Å². The maximum absolute atomic E-state index is 13.1. The lowest BCUT2D eigenvalue weighted by Crippen LogP contribution is -2.70. The second kappa shape index (κ2) is 6.55. The average molecular weight is 366 g/mol. The predicted molar refractivity (Wildman–Crippen MR) is 89.7 cm³/mol. The number of hydrogen-bond acceptors (Lipinski definition) is 6. The Kier molecular flexibility index (Phi) is 4.71. The topological polar surface area (TPSA) is 93.2 Å². The lowest BCUT2D eigenvalue weighted by Gasteiger charge is -2.49. The first-order chi connectivity index (χ1) is 12.2. The number of piperazine rings is 1. The van der Waals surface area contributed by atoms with Gasteiger partial charge in [-0.3, -0.25) is 14.4 Å². The molecule has 4 atom stereocenters. The lowest BCUT2D eigenvalue weighted by atomic mass is 9.82. The fraction of sp³-hybridized carbons (Fsp3) is 0.778. The summed E-state index contributed by atoms with van der Waals surface area (Å²) in [6.07, 6.45) is 1.99. The van der Waals surface area contributed by atoms with Gasteiger partial charge in [0.25, 0.3) is 0 Å². The number of rotatable bonds is 2. The second-order valence-electron chi connectivity index (χ2n) is 8.14. The molecule has 0 N–H and O–H groups in total. The Morgan fingerprint density at radius 1 is 1.00 bits per heavy atom. The van der Waals surface area contributed by atoms with Gasteiger partial charge in [0.05, 0.1) is 13.0 Å². The van der Waals surface area contributed by atoms with E-state index in [1.807, 2.05) is 0 Å². The van der Waals surface area contributed by atoms with Crippen LogP contribution in [0.25, 0.3) is 0 Å². The van der Waals surface area contributed by atoms with Crippen LogP contribution in [0.2, 0.25) is 0 Å². The second-order valence-corrected chi connectivity index (χ2v) is 8.14. The van der Waals surface area contributed by atoms with E-state index in [9.17, 15) is 19.2 Å². The highest BCUT2D eigenvalue weighted by molar-refractivity contribution is 6.01. The average Bonchev–Trinajstić information content (AvgIpc) is 3.06. The van der Waals surface area contributed by atoms with Crippen LogP contribution in [0.15, 0.2) is 0 Å². The molecule has 0 radical (unpaired) electrons. The number of hydrogen-bond donors (Lipinski definition) is 0. The third-order valence-electron chi connectivity index (χ3n) is 5.28. The molecule has 0 saturated carbocycles. The molecule has 3 heterocycles. The zero-order valence-electron chi connectivity index (χ0n) is 15.7. The number of carbonyl (C=O) groups is 4. The SMILES string of the molecule is COC(=O)[C@H]1CC[C@H]2C(=O)N3CCC[C@H]3C(=O)N2[C@@H]1C(=O)OC(C)(C)C. The molecule has 3 aliphatic heterocycles. The number of piperidine rings is 1. The predicted octanol–water partition coefficient (Wildman–Crippen LogP) is 0.482. The van der Waals surface area contributed by atoms with Gasteiger partial charge < -0.3 is 19.3 Å². The highest BCUT2D eigenvalue weighted by Crippen LogP contribution is 2.38. The van der Waals surface area contributed by atoms with Crippen molar-refractivity contribution in [2.45, 2.75) is 70.2 Å². The molecule has 8 nitrogen and oxygen atoms in total. The van der Waals surface area contributed by atoms with Crippen LogP contribution in [0, 0.1) is 5.92 Å². The minimum atomic E-state index is -1.13. The van der Waals surface area contributed by atoms with E-state index in [0.717, 1.165) is 6.42 Å². The van der Waals surface area contributed by atoms with Crippen molar-refractivity contribution in [1.82, 2.24) is 9.80 Å². The lowest BCUT2D eigenvalue weighted by molar-refractivity contribution is -0.185. The van der Waals surface area contributed by atoms with E-state index in [4.69, 9.17) is 9.47 Å². The Bertz CT molecular complexity index is 640. The van der Waals surface area contributed by atoms with Crippen LogP contribution in [0.1, 0.15) is 46.5 Å². The number of esters is 2. The van der Waals surface area contributed by atoms with E-state index in [1.54, 1.807) is 25.7 Å². The molecule has 0 aromatic rings. The normalized spacial score (nSPS) is 31.4. The molecule has 144 valence electrons. The summed E-state index contributed by atoms with van der Waals surface area (Å²) in [6.45, 7) is 5.73. The summed E-state index contributed by atoms with van der Waals surface area (Å²) in [5.41, 5.74) is -0.771. The van der Waals surface area contributed by atoms with Crippen LogP contribution in [0.5, 0.6) is 0 Å². The molecule has 8 heteroatoms. The molecule has 0 unspecified atom stereocenters. The van der Waals surface area contributed by atoms with Gasteiger partial charge in [0.2, 0.25) is 11.8 Å². The van der Waals surface area contributed by atoms with Crippen molar-refractivity contribution >= 4 is 23.8 Å². The Balaban J connectivity index is 1.98. The number of nitrogens with zero attached hydrogens (tertiary/aromatic N) is 2. The molecule has 26 heavy (non-hydrogen) atoms. The molecule has 3 saturated heterocycles. The van der Waals surface area contributed by atoms with E-state index < -0.39 is 41.6 Å². The van der Waals surface area contributed by atoms with Gasteiger partial charge in [-0.15, -0.1) is 0 Å².